The van der Waals surface area contributed by atoms with Crippen LogP contribution >= 0.6 is 15.9 Å². The molecule has 76 valence electrons. The zero-order chi connectivity index (χ0) is 10.4. The van der Waals surface area contributed by atoms with Crippen LogP contribution in [0, 0.1) is 0 Å². The summed E-state index contributed by atoms with van der Waals surface area (Å²) >= 11 is 3.35. The molecule has 0 fully saturated rings. The molecular formula is C11H13BrO2. The minimum absolute atomic E-state index is 0.168. The fourth-order valence-electron chi connectivity index (χ4n) is 1.03. The van der Waals surface area contributed by atoms with E-state index in [-0.39, 0.29) is 5.97 Å². The maximum Gasteiger partial charge on any atom is 0.311 e. The van der Waals surface area contributed by atoms with Gasteiger partial charge in [-0.3, -0.25) is 4.79 Å². The van der Waals surface area contributed by atoms with Crippen molar-refractivity contribution in [2.24, 2.45) is 0 Å². The second-order valence-electron chi connectivity index (χ2n) is 3.00. The normalized spacial score (nSPS) is 9.86. The molecular weight excluding hydrogens is 244 g/mol. The van der Waals surface area contributed by atoms with Crippen LogP contribution in [0.3, 0.4) is 0 Å². The quantitative estimate of drug-likeness (QED) is 0.470. The molecule has 0 radical (unpaired) electrons. The standard InChI is InChI=1S/C11H13BrO2/c1-2-3-11(13)14-10-6-4-9(8-12)5-7-10/h4-7H,2-3,8H2,1H3. The number of esters is 1. The van der Waals surface area contributed by atoms with Gasteiger partial charge < -0.3 is 4.74 Å². The van der Waals surface area contributed by atoms with Gasteiger partial charge >= 0.3 is 5.97 Å². The summed E-state index contributed by atoms with van der Waals surface area (Å²) in [6.07, 6.45) is 1.29. The maximum absolute atomic E-state index is 11.1. The summed E-state index contributed by atoms with van der Waals surface area (Å²) in [5.41, 5.74) is 1.17. The molecule has 0 aliphatic carbocycles. The van der Waals surface area contributed by atoms with Gasteiger partial charge in [0.15, 0.2) is 0 Å². The van der Waals surface area contributed by atoms with Crippen LogP contribution in [0.5, 0.6) is 5.75 Å². The van der Waals surface area contributed by atoms with Gasteiger partial charge in [-0.1, -0.05) is 35.0 Å². The number of alkyl halides is 1. The van der Waals surface area contributed by atoms with Crippen LogP contribution in [-0.4, -0.2) is 5.97 Å². The molecule has 2 nitrogen and oxygen atoms in total. The fraction of sp³-hybridized carbons (Fsp3) is 0.364. The smallest absolute Gasteiger partial charge is 0.311 e. The average Bonchev–Trinajstić information content (AvgIpc) is 2.19. The summed E-state index contributed by atoms with van der Waals surface area (Å²) in [7, 11) is 0. The summed E-state index contributed by atoms with van der Waals surface area (Å²) in [5.74, 6) is 0.451. The van der Waals surface area contributed by atoms with Crippen molar-refractivity contribution in [2.45, 2.75) is 25.1 Å². The van der Waals surface area contributed by atoms with Crippen molar-refractivity contribution in [1.82, 2.24) is 0 Å². The van der Waals surface area contributed by atoms with E-state index in [9.17, 15) is 4.79 Å². The van der Waals surface area contributed by atoms with E-state index in [2.05, 4.69) is 15.9 Å². The Balaban J connectivity index is 2.55. The largest absolute Gasteiger partial charge is 0.427 e. The van der Waals surface area contributed by atoms with Crippen molar-refractivity contribution in [3.8, 4) is 5.75 Å². The fourth-order valence-corrected chi connectivity index (χ4v) is 1.41. The first kappa shape index (κ1) is 11.2. The zero-order valence-electron chi connectivity index (χ0n) is 8.13. The molecule has 3 heteroatoms. The van der Waals surface area contributed by atoms with Gasteiger partial charge in [-0.2, -0.15) is 0 Å². The third-order valence-corrected chi connectivity index (χ3v) is 2.41. The molecule has 0 saturated heterocycles. The molecule has 0 spiro atoms. The van der Waals surface area contributed by atoms with Gasteiger partial charge in [-0.05, 0) is 24.1 Å². The second kappa shape index (κ2) is 5.81. The molecule has 0 bridgehead atoms. The summed E-state index contributed by atoms with van der Waals surface area (Å²) in [6.45, 7) is 1.95. The number of hydrogen-bond acceptors (Lipinski definition) is 2. The van der Waals surface area contributed by atoms with E-state index in [0.717, 1.165) is 11.8 Å². The van der Waals surface area contributed by atoms with Gasteiger partial charge in [-0.15, -0.1) is 0 Å². The minimum atomic E-state index is -0.168. The van der Waals surface area contributed by atoms with Crippen LogP contribution < -0.4 is 4.74 Å². The number of rotatable bonds is 4. The van der Waals surface area contributed by atoms with E-state index in [1.807, 2.05) is 31.2 Å². The number of carbonyl (C=O) groups excluding carboxylic acids is 1. The summed E-state index contributed by atoms with van der Waals surface area (Å²) in [6, 6.07) is 7.49. The van der Waals surface area contributed by atoms with Gasteiger partial charge in [0.25, 0.3) is 0 Å². The highest BCUT2D eigenvalue weighted by Gasteiger charge is 2.02. The monoisotopic (exact) mass is 256 g/mol. The van der Waals surface area contributed by atoms with Gasteiger partial charge in [0.2, 0.25) is 0 Å². The Morgan fingerprint density at radius 2 is 2.00 bits per heavy atom. The molecule has 0 heterocycles. The number of benzene rings is 1. The molecule has 1 aromatic rings. The third-order valence-electron chi connectivity index (χ3n) is 1.76. The maximum atomic E-state index is 11.1. The Kier molecular flexibility index (Phi) is 4.66. The molecule has 0 unspecified atom stereocenters. The second-order valence-corrected chi connectivity index (χ2v) is 3.56. The first-order valence-corrected chi connectivity index (χ1v) is 5.74. The van der Waals surface area contributed by atoms with E-state index in [1.165, 1.54) is 5.56 Å². The van der Waals surface area contributed by atoms with Crippen LogP contribution in [0.4, 0.5) is 0 Å². The van der Waals surface area contributed by atoms with Crippen molar-refractivity contribution in [3.05, 3.63) is 29.8 Å². The summed E-state index contributed by atoms with van der Waals surface area (Å²) in [4.78, 5) is 11.1. The van der Waals surface area contributed by atoms with E-state index >= 15 is 0 Å². The lowest BCUT2D eigenvalue weighted by molar-refractivity contribution is -0.134. The van der Waals surface area contributed by atoms with Crippen LogP contribution in [0.2, 0.25) is 0 Å². The Morgan fingerprint density at radius 1 is 1.36 bits per heavy atom. The molecule has 0 amide bonds. The van der Waals surface area contributed by atoms with Crippen LogP contribution in [0.15, 0.2) is 24.3 Å². The molecule has 1 aromatic carbocycles. The number of ether oxygens (including phenoxy) is 1. The lowest BCUT2D eigenvalue weighted by Gasteiger charge is -2.03. The summed E-state index contributed by atoms with van der Waals surface area (Å²) < 4.78 is 5.10. The first-order valence-electron chi connectivity index (χ1n) is 4.62. The van der Waals surface area contributed by atoms with Crippen molar-refractivity contribution in [3.63, 3.8) is 0 Å². The number of halogens is 1. The number of carbonyl (C=O) groups is 1. The van der Waals surface area contributed by atoms with E-state index in [0.29, 0.717) is 12.2 Å². The minimum Gasteiger partial charge on any atom is -0.427 e. The third kappa shape index (κ3) is 3.50. The molecule has 14 heavy (non-hydrogen) atoms. The van der Waals surface area contributed by atoms with E-state index in [4.69, 9.17) is 4.74 Å². The van der Waals surface area contributed by atoms with Gasteiger partial charge in [0.1, 0.15) is 5.75 Å². The van der Waals surface area contributed by atoms with Crippen LogP contribution in [0.1, 0.15) is 25.3 Å². The molecule has 1 rings (SSSR count). The zero-order valence-corrected chi connectivity index (χ0v) is 9.71. The Morgan fingerprint density at radius 3 is 2.50 bits per heavy atom. The van der Waals surface area contributed by atoms with Gasteiger partial charge in [0.05, 0.1) is 0 Å². The molecule has 0 atom stereocenters. The molecule has 0 saturated carbocycles. The van der Waals surface area contributed by atoms with Gasteiger partial charge in [0, 0.05) is 11.8 Å². The highest BCUT2D eigenvalue weighted by molar-refractivity contribution is 9.08. The topological polar surface area (TPSA) is 26.3 Å². The molecule has 0 N–H and O–H groups in total. The van der Waals surface area contributed by atoms with Crippen molar-refractivity contribution < 1.29 is 9.53 Å². The lowest BCUT2D eigenvalue weighted by atomic mass is 10.2. The van der Waals surface area contributed by atoms with E-state index < -0.39 is 0 Å². The molecule has 0 aliphatic heterocycles. The Bertz CT molecular complexity index is 293. The highest BCUT2D eigenvalue weighted by Crippen LogP contribution is 2.14. The lowest BCUT2D eigenvalue weighted by Crippen LogP contribution is -2.06. The molecule has 0 aromatic heterocycles. The predicted octanol–water partition coefficient (Wildman–Crippen LogP) is 3.29. The van der Waals surface area contributed by atoms with Crippen LogP contribution in [-0.2, 0) is 10.1 Å². The van der Waals surface area contributed by atoms with Crippen molar-refractivity contribution in [1.29, 1.82) is 0 Å². The van der Waals surface area contributed by atoms with Crippen LogP contribution in [0.25, 0.3) is 0 Å². The predicted molar refractivity (Wildman–Crippen MR) is 59.6 cm³/mol. The highest BCUT2D eigenvalue weighted by atomic mass is 79.9. The SMILES string of the molecule is CCCC(=O)Oc1ccc(CBr)cc1. The van der Waals surface area contributed by atoms with Gasteiger partial charge in [-0.25, -0.2) is 0 Å². The summed E-state index contributed by atoms with van der Waals surface area (Å²) in [5, 5.41) is 0.816. The molecule has 0 aliphatic rings. The van der Waals surface area contributed by atoms with Crippen molar-refractivity contribution >= 4 is 21.9 Å². The number of hydrogen-bond donors (Lipinski definition) is 0. The average molecular weight is 257 g/mol. The Hall–Kier alpha value is -0.830. The van der Waals surface area contributed by atoms with E-state index in [1.54, 1.807) is 0 Å². The van der Waals surface area contributed by atoms with Crippen molar-refractivity contribution in [2.75, 3.05) is 0 Å². The Labute approximate surface area is 92.4 Å². The first-order chi connectivity index (χ1) is 6.76.